The van der Waals surface area contributed by atoms with Crippen LogP contribution in [0.3, 0.4) is 0 Å². The van der Waals surface area contributed by atoms with E-state index in [0.29, 0.717) is 35.7 Å². The van der Waals surface area contributed by atoms with Crippen LogP contribution >= 0.6 is 0 Å². The predicted molar refractivity (Wildman–Crippen MR) is 132 cm³/mol. The molecular formula is C25H33N3O5S. The number of anilines is 1. The minimum Gasteiger partial charge on any atom is -0.496 e. The molecule has 0 spiro atoms. The zero-order valence-electron chi connectivity index (χ0n) is 20.2. The number of methoxy groups -OCH3 is 1. The summed E-state index contributed by atoms with van der Waals surface area (Å²) in [5.41, 5.74) is 1.02. The Kier molecular flexibility index (Phi) is 7.99. The fraction of sp³-hybridized carbons (Fsp3) is 0.440. The summed E-state index contributed by atoms with van der Waals surface area (Å²) < 4.78 is 32.8. The van der Waals surface area contributed by atoms with Crippen LogP contribution in [0, 0.1) is 0 Å². The lowest BCUT2D eigenvalue weighted by Crippen LogP contribution is -2.40. The first-order valence-corrected chi connectivity index (χ1v) is 12.8. The molecule has 0 aliphatic carbocycles. The lowest BCUT2D eigenvalue weighted by atomic mass is 10.1. The highest BCUT2D eigenvalue weighted by molar-refractivity contribution is 7.89. The smallest absolute Gasteiger partial charge is 0.253 e. The molecule has 3 rings (SSSR count). The van der Waals surface area contributed by atoms with Crippen molar-refractivity contribution >= 4 is 27.5 Å². The van der Waals surface area contributed by atoms with Crippen LogP contribution in [0.15, 0.2) is 47.4 Å². The van der Waals surface area contributed by atoms with Gasteiger partial charge in [-0.05, 0) is 75.9 Å². The Balaban J connectivity index is 1.73. The second-order valence-corrected chi connectivity index (χ2v) is 11.3. The largest absolute Gasteiger partial charge is 0.496 e. The Hall–Kier alpha value is -2.91. The van der Waals surface area contributed by atoms with E-state index in [1.165, 1.54) is 11.4 Å². The van der Waals surface area contributed by atoms with Gasteiger partial charge in [-0.15, -0.1) is 0 Å². The lowest BCUT2D eigenvalue weighted by Gasteiger charge is -2.21. The molecule has 0 unspecified atom stereocenters. The van der Waals surface area contributed by atoms with Crippen LogP contribution in [-0.2, 0) is 21.2 Å². The minimum atomic E-state index is -3.57. The molecule has 2 aromatic carbocycles. The maximum absolute atomic E-state index is 12.9. The van der Waals surface area contributed by atoms with Crippen molar-refractivity contribution in [2.75, 3.05) is 25.5 Å². The van der Waals surface area contributed by atoms with Gasteiger partial charge in [-0.3, -0.25) is 9.59 Å². The van der Waals surface area contributed by atoms with Crippen LogP contribution in [0.25, 0.3) is 0 Å². The maximum Gasteiger partial charge on any atom is 0.253 e. The van der Waals surface area contributed by atoms with E-state index in [1.54, 1.807) is 42.5 Å². The monoisotopic (exact) mass is 487 g/mol. The first-order chi connectivity index (χ1) is 16.0. The molecule has 0 aromatic heterocycles. The number of amides is 2. The fourth-order valence-electron chi connectivity index (χ4n) is 3.85. The minimum absolute atomic E-state index is 0.0960. The zero-order chi connectivity index (χ0) is 24.9. The molecule has 0 atom stereocenters. The van der Waals surface area contributed by atoms with Crippen molar-refractivity contribution in [2.24, 2.45) is 0 Å². The highest BCUT2D eigenvalue weighted by atomic mass is 32.2. The third kappa shape index (κ3) is 6.36. The summed E-state index contributed by atoms with van der Waals surface area (Å²) in [6, 6.07) is 11.6. The van der Waals surface area contributed by atoms with Crippen molar-refractivity contribution in [3.05, 3.63) is 53.6 Å². The SMILES string of the molecule is COc1ccc(S(=O)(=O)N2CCCC2)cc1CCC(=O)Nc1ccccc1C(=O)NC(C)(C)C. The van der Waals surface area contributed by atoms with Crippen molar-refractivity contribution in [3.63, 3.8) is 0 Å². The standard InChI is InChI=1S/C25H33N3O5S/c1-25(2,3)27-24(30)20-9-5-6-10-21(20)26-23(29)14-11-18-17-19(12-13-22(18)33-4)34(31,32)28-15-7-8-16-28/h5-6,9-10,12-13,17H,7-8,11,14-16H2,1-4H3,(H,26,29)(H,27,30). The van der Waals surface area contributed by atoms with E-state index in [-0.39, 0.29) is 29.6 Å². The van der Waals surface area contributed by atoms with E-state index in [0.717, 1.165) is 12.8 Å². The molecule has 0 saturated carbocycles. The van der Waals surface area contributed by atoms with Crippen molar-refractivity contribution < 1.29 is 22.7 Å². The molecule has 1 fully saturated rings. The van der Waals surface area contributed by atoms with Crippen molar-refractivity contribution in [2.45, 2.75) is 56.9 Å². The van der Waals surface area contributed by atoms with Crippen molar-refractivity contribution in [3.8, 4) is 5.75 Å². The van der Waals surface area contributed by atoms with Crippen LogP contribution < -0.4 is 15.4 Å². The van der Waals surface area contributed by atoms with Gasteiger partial charge in [0.2, 0.25) is 15.9 Å². The predicted octanol–water partition coefficient (Wildman–Crippen LogP) is 3.58. The van der Waals surface area contributed by atoms with E-state index in [9.17, 15) is 18.0 Å². The Bertz CT molecular complexity index is 1150. The maximum atomic E-state index is 12.9. The number of hydrogen-bond acceptors (Lipinski definition) is 5. The first kappa shape index (κ1) is 25.7. The number of carbonyl (C=O) groups excluding carboxylic acids is 2. The summed E-state index contributed by atoms with van der Waals surface area (Å²) in [7, 11) is -2.06. The molecule has 1 aliphatic heterocycles. The van der Waals surface area contributed by atoms with E-state index >= 15 is 0 Å². The van der Waals surface area contributed by atoms with E-state index in [2.05, 4.69) is 10.6 Å². The van der Waals surface area contributed by atoms with Crippen LogP contribution in [-0.4, -0.2) is 50.3 Å². The molecule has 0 radical (unpaired) electrons. The topological polar surface area (TPSA) is 105 Å². The normalized spacial score (nSPS) is 14.6. The van der Waals surface area contributed by atoms with Gasteiger partial charge in [0.1, 0.15) is 5.75 Å². The van der Waals surface area contributed by atoms with E-state index in [4.69, 9.17) is 4.74 Å². The molecule has 2 N–H and O–H groups in total. The van der Waals surface area contributed by atoms with E-state index in [1.807, 2.05) is 20.8 Å². The fourth-order valence-corrected chi connectivity index (χ4v) is 5.42. The van der Waals surface area contributed by atoms with Crippen molar-refractivity contribution in [1.29, 1.82) is 0 Å². The Morgan fingerprint density at radius 3 is 2.38 bits per heavy atom. The molecule has 9 heteroatoms. The second kappa shape index (κ2) is 10.6. The average Bonchev–Trinajstić information content (AvgIpc) is 3.32. The van der Waals surface area contributed by atoms with Gasteiger partial charge < -0.3 is 15.4 Å². The molecule has 184 valence electrons. The summed E-state index contributed by atoms with van der Waals surface area (Å²) >= 11 is 0. The second-order valence-electron chi connectivity index (χ2n) is 9.38. The summed E-state index contributed by atoms with van der Waals surface area (Å²) in [6.45, 7) is 6.70. The molecule has 34 heavy (non-hydrogen) atoms. The van der Waals surface area contributed by atoms with Gasteiger partial charge in [0.05, 0.1) is 23.3 Å². The third-order valence-electron chi connectivity index (χ3n) is 5.51. The molecule has 8 nitrogen and oxygen atoms in total. The van der Waals surface area contributed by atoms with Crippen LogP contribution in [0.2, 0.25) is 0 Å². The number of rotatable bonds is 8. The summed E-state index contributed by atoms with van der Waals surface area (Å²) in [6.07, 6.45) is 2.10. The van der Waals surface area contributed by atoms with E-state index < -0.39 is 15.6 Å². The lowest BCUT2D eigenvalue weighted by molar-refractivity contribution is -0.116. The van der Waals surface area contributed by atoms with Crippen LogP contribution in [0.4, 0.5) is 5.69 Å². The van der Waals surface area contributed by atoms with Gasteiger partial charge in [-0.25, -0.2) is 8.42 Å². The van der Waals surface area contributed by atoms with Gasteiger partial charge in [0, 0.05) is 25.0 Å². The molecule has 2 amide bonds. The number of para-hydroxylation sites is 1. The molecule has 1 heterocycles. The molecule has 0 bridgehead atoms. The van der Waals surface area contributed by atoms with Crippen molar-refractivity contribution in [1.82, 2.24) is 9.62 Å². The zero-order valence-corrected chi connectivity index (χ0v) is 21.0. The summed E-state index contributed by atoms with van der Waals surface area (Å²) in [5, 5.41) is 5.71. The van der Waals surface area contributed by atoms with Crippen LogP contribution in [0.5, 0.6) is 5.75 Å². The number of sulfonamides is 1. The quantitative estimate of drug-likeness (QED) is 0.592. The Morgan fingerprint density at radius 1 is 1.06 bits per heavy atom. The van der Waals surface area contributed by atoms with Gasteiger partial charge >= 0.3 is 0 Å². The number of hydrogen-bond donors (Lipinski definition) is 2. The van der Waals surface area contributed by atoms with Gasteiger partial charge in [0.15, 0.2) is 0 Å². The Labute approximate surface area is 201 Å². The number of nitrogens with one attached hydrogen (secondary N) is 2. The summed E-state index contributed by atoms with van der Waals surface area (Å²) in [4.78, 5) is 25.6. The van der Waals surface area contributed by atoms with Gasteiger partial charge in [-0.2, -0.15) is 4.31 Å². The third-order valence-corrected chi connectivity index (χ3v) is 7.41. The van der Waals surface area contributed by atoms with Gasteiger partial charge in [-0.1, -0.05) is 12.1 Å². The summed E-state index contributed by atoms with van der Waals surface area (Å²) in [5.74, 6) is -0.0334. The Morgan fingerprint density at radius 2 is 1.74 bits per heavy atom. The average molecular weight is 488 g/mol. The molecule has 2 aromatic rings. The first-order valence-electron chi connectivity index (χ1n) is 11.4. The van der Waals surface area contributed by atoms with Crippen LogP contribution in [0.1, 0.15) is 56.0 Å². The highest BCUT2D eigenvalue weighted by Crippen LogP contribution is 2.27. The number of nitrogens with zero attached hydrogens (tertiary/aromatic N) is 1. The molecule has 1 aliphatic rings. The molecule has 1 saturated heterocycles. The number of benzene rings is 2. The highest BCUT2D eigenvalue weighted by Gasteiger charge is 2.28. The molecular weight excluding hydrogens is 454 g/mol. The number of carbonyl (C=O) groups is 2. The van der Waals surface area contributed by atoms with Gasteiger partial charge in [0.25, 0.3) is 5.91 Å². The number of ether oxygens (including phenoxy) is 1. The number of aryl methyl sites for hydroxylation is 1.